The molecule has 2 aromatic carbocycles. The molecule has 0 saturated heterocycles. The first-order valence-corrected chi connectivity index (χ1v) is 6.81. The SMILES string of the molecule is NC(=O)c1cccc(N2CCOc3ccccc3C2)c1N. The zero-order valence-electron chi connectivity index (χ0n) is 11.6. The Morgan fingerprint density at radius 3 is 2.76 bits per heavy atom. The number of hydrogen-bond acceptors (Lipinski definition) is 4. The molecule has 0 atom stereocenters. The van der Waals surface area contributed by atoms with Crippen molar-refractivity contribution in [1.29, 1.82) is 0 Å². The quantitative estimate of drug-likeness (QED) is 0.823. The summed E-state index contributed by atoms with van der Waals surface area (Å²) in [6.07, 6.45) is 0. The van der Waals surface area contributed by atoms with Crippen LogP contribution >= 0.6 is 0 Å². The summed E-state index contributed by atoms with van der Waals surface area (Å²) in [6.45, 7) is 1.95. The lowest BCUT2D eigenvalue weighted by atomic mass is 10.1. The normalized spacial score (nSPS) is 14.0. The maximum Gasteiger partial charge on any atom is 0.250 e. The van der Waals surface area contributed by atoms with Gasteiger partial charge in [-0.1, -0.05) is 24.3 Å². The fourth-order valence-corrected chi connectivity index (χ4v) is 2.57. The lowest BCUT2D eigenvalue weighted by Crippen LogP contribution is -2.27. The highest BCUT2D eigenvalue weighted by molar-refractivity contribution is 6.00. The van der Waals surface area contributed by atoms with Gasteiger partial charge >= 0.3 is 0 Å². The van der Waals surface area contributed by atoms with Gasteiger partial charge in [0.05, 0.1) is 23.5 Å². The number of hydrogen-bond donors (Lipinski definition) is 2. The van der Waals surface area contributed by atoms with Crippen molar-refractivity contribution in [2.75, 3.05) is 23.8 Å². The largest absolute Gasteiger partial charge is 0.491 e. The number of amides is 1. The van der Waals surface area contributed by atoms with Crippen LogP contribution < -0.4 is 21.1 Å². The zero-order valence-corrected chi connectivity index (χ0v) is 11.6. The second-order valence-corrected chi connectivity index (χ2v) is 4.98. The van der Waals surface area contributed by atoms with Crippen molar-refractivity contribution in [2.45, 2.75) is 6.54 Å². The summed E-state index contributed by atoms with van der Waals surface area (Å²) in [5.41, 5.74) is 14.1. The van der Waals surface area contributed by atoms with Gasteiger partial charge in [-0.3, -0.25) is 4.79 Å². The topological polar surface area (TPSA) is 81.6 Å². The Balaban J connectivity index is 1.98. The summed E-state index contributed by atoms with van der Waals surface area (Å²) in [7, 11) is 0. The summed E-state index contributed by atoms with van der Waals surface area (Å²) < 4.78 is 5.74. The zero-order chi connectivity index (χ0) is 14.8. The van der Waals surface area contributed by atoms with E-state index in [-0.39, 0.29) is 0 Å². The summed E-state index contributed by atoms with van der Waals surface area (Å²) in [5, 5.41) is 0. The minimum absolute atomic E-state index is 0.353. The van der Waals surface area contributed by atoms with Crippen LogP contribution in [0.25, 0.3) is 0 Å². The molecule has 1 amide bonds. The molecule has 0 radical (unpaired) electrons. The molecule has 5 nitrogen and oxygen atoms in total. The van der Waals surface area contributed by atoms with Crippen molar-refractivity contribution in [3.63, 3.8) is 0 Å². The first-order valence-electron chi connectivity index (χ1n) is 6.81. The smallest absolute Gasteiger partial charge is 0.250 e. The van der Waals surface area contributed by atoms with Crippen LogP contribution in [-0.4, -0.2) is 19.1 Å². The Morgan fingerprint density at radius 2 is 1.95 bits per heavy atom. The standard InChI is InChI=1S/C16H17N3O2/c17-15-12(16(18)20)5-3-6-13(15)19-8-9-21-14-7-2-1-4-11(14)10-19/h1-7H,8-10,17H2,(H2,18,20). The van der Waals surface area contributed by atoms with Gasteiger partial charge in [-0.05, 0) is 18.2 Å². The minimum Gasteiger partial charge on any atom is -0.491 e. The Bertz CT molecular complexity index is 685. The number of nitrogens with zero attached hydrogens (tertiary/aromatic N) is 1. The van der Waals surface area contributed by atoms with Gasteiger partial charge in [0.2, 0.25) is 0 Å². The Hall–Kier alpha value is -2.69. The molecule has 1 aliphatic heterocycles. The second-order valence-electron chi connectivity index (χ2n) is 4.98. The van der Waals surface area contributed by atoms with E-state index in [2.05, 4.69) is 4.90 Å². The van der Waals surface area contributed by atoms with E-state index < -0.39 is 5.91 Å². The van der Waals surface area contributed by atoms with Gasteiger partial charge in [-0.2, -0.15) is 0 Å². The number of carbonyl (C=O) groups is 1. The molecule has 1 heterocycles. The van der Waals surface area contributed by atoms with E-state index in [4.69, 9.17) is 16.2 Å². The second kappa shape index (κ2) is 5.36. The number of benzene rings is 2. The number of anilines is 2. The third-order valence-corrected chi connectivity index (χ3v) is 3.64. The Kier molecular flexibility index (Phi) is 3.39. The lowest BCUT2D eigenvalue weighted by Gasteiger charge is -2.24. The van der Waals surface area contributed by atoms with E-state index in [1.54, 1.807) is 12.1 Å². The molecule has 0 spiro atoms. The van der Waals surface area contributed by atoms with E-state index >= 15 is 0 Å². The fourth-order valence-electron chi connectivity index (χ4n) is 2.57. The van der Waals surface area contributed by atoms with Gasteiger partial charge in [0, 0.05) is 12.1 Å². The number of ether oxygens (including phenoxy) is 1. The molecule has 0 saturated carbocycles. The average molecular weight is 283 g/mol. The van der Waals surface area contributed by atoms with E-state index in [0.29, 0.717) is 30.9 Å². The number of nitrogens with two attached hydrogens (primary N) is 2. The maximum absolute atomic E-state index is 11.4. The first kappa shape index (κ1) is 13.3. The van der Waals surface area contributed by atoms with Crippen molar-refractivity contribution in [1.82, 2.24) is 0 Å². The van der Waals surface area contributed by atoms with Crippen LogP contribution in [0.3, 0.4) is 0 Å². The van der Waals surface area contributed by atoms with Gasteiger partial charge in [-0.15, -0.1) is 0 Å². The molecule has 2 aromatic rings. The molecule has 5 heteroatoms. The monoisotopic (exact) mass is 283 g/mol. The average Bonchev–Trinajstić information content (AvgIpc) is 2.69. The molecule has 0 unspecified atom stereocenters. The Labute approximate surface area is 123 Å². The summed E-state index contributed by atoms with van der Waals surface area (Å²) in [4.78, 5) is 13.5. The van der Waals surface area contributed by atoms with Gasteiger partial charge in [0.15, 0.2) is 0 Å². The van der Waals surface area contributed by atoms with Gasteiger partial charge < -0.3 is 21.1 Å². The molecule has 108 valence electrons. The molecule has 0 aromatic heterocycles. The third kappa shape index (κ3) is 2.50. The number of nitrogen functional groups attached to an aromatic ring is 1. The van der Waals surface area contributed by atoms with E-state index in [1.165, 1.54) is 0 Å². The Morgan fingerprint density at radius 1 is 1.14 bits per heavy atom. The van der Waals surface area contributed by atoms with Crippen molar-refractivity contribution in [3.05, 3.63) is 53.6 Å². The number of fused-ring (bicyclic) bond motifs is 1. The lowest BCUT2D eigenvalue weighted by molar-refractivity contribution is 0.100. The molecule has 1 aliphatic rings. The number of primary amides is 1. The molecule has 0 fully saturated rings. The molecule has 3 rings (SSSR count). The first-order chi connectivity index (χ1) is 10.2. The van der Waals surface area contributed by atoms with Crippen LogP contribution in [0, 0.1) is 0 Å². The summed E-state index contributed by atoms with van der Waals surface area (Å²) in [5.74, 6) is 0.380. The van der Waals surface area contributed by atoms with Crippen LogP contribution in [0.1, 0.15) is 15.9 Å². The molecule has 4 N–H and O–H groups in total. The molecular weight excluding hydrogens is 266 g/mol. The summed E-state index contributed by atoms with van der Waals surface area (Å²) >= 11 is 0. The highest BCUT2D eigenvalue weighted by Crippen LogP contribution is 2.31. The van der Waals surface area contributed by atoms with E-state index in [9.17, 15) is 4.79 Å². The predicted octanol–water partition coefficient (Wildman–Crippen LogP) is 1.77. The predicted molar refractivity (Wildman–Crippen MR) is 82.4 cm³/mol. The van der Waals surface area contributed by atoms with Gasteiger partial charge in [0.1, 0.15) is 12.4 Å². The number of carbonyl (C=O) groups excluding carboxylic acids is 1. The maximum atomic E-state index is 11.4. The van der Waals surface area contributed by atoms with Crippen molar-refractivity contribution < 1.29 is 9.53 Å². The third-order valence-electron chi connectivity index (χ3n) is 3.64. The van der Waals surface area contributed by atoms with Crippen LogP contribution in [0.2, 0.25) is 0 Å². The molecule has 0 bridgehead atoms. The van der Waals surface area contributed by atoms with Crippen LogP contribution in [0.5, 0.6) is 5.75 Å². The van der Waals surface area contributed by atoms with E-state index in [1.807, 2.05) is 30.3 Å². The summed E-state index contributed by atoms with van der Waals surface area (Å²) in [6, 6.07) is 13.3. The molecular formula is C16H17N3O2. The van der Waals surface area contributed by atoms with E-state index in [0.717, 1.165) is 17.0 Å². The minimum atomic E-state index is -0.513. The fraction of sp³-hybridized carbons (Fsp3) is 0.188. The van der Waals surface area contributed by atoms with Crippen molar-refractivity contribution in [2.24, 2.45) is 5.73 Å². The molecule has 0 aliphatic carbocycles. The van der Waals surface area contributed by atoms with Crippen LogP contribution in [0.15, 0.2) is 42.5 Å². The molecule has 21 heavy (non-hydrogen) atoms. The number of para-hydroxylation sites is 2. The van der Waals surface area contributed by atoms with Crippen molar-refractivity contribution >= 4 is 17.3 Å². The van der Waals surface area contributed by atoms with Crippen LogP contribution in [-0.2, 0) is 6.54 Å². The van der Waals surface area contributed by atoms with Gasteiger partial charge in [-0.25, -0.2) is 0 Å². The number of rotatable bonds is 2. The highest BCUT2D eigenvalue weighted by Gasteiger charge is 2.19. The van der Waals surface area contributed by atoms with Crippen LogP contribution in [0.4, 0.5) is 11.4 Å². The highest BCUT2D eigenvalue weighted by atomic mass is 16.5. The van der Waals surface area contributed by atoms with Gasteiger partial charge in [0.25, 0.3) is 5.91 Å². The van der Waals surface area contributed by atoms with Crippen molar-refractivity contribution in [3.8, 4) is 5.75 Å².